The summed E-state index contributed by atoms with van der Waals surface area (Å²) in [5.74, 6) is 1.01. The topological polar surface area (TPSA) is 41.5 Å². The van der Waals surface area contributed by atoms with Crippen LogP contribution in [0.4, 0.5) is 0 Å². The Bertz CT molecular complexity index is 612. The lowest BCUT2D eigenvalue weighted by Crippen LogP contribution is -2.42. The van der Waals surface area contributed by atoms with Crippen LogP contribution in [0.15, 0.2) is 48.5 Å². The smallest absolute Gasteiger partial charge is 0.122 e. The molecule has 0 aliphatic carbocycles. The highest BCUT2D eigenvalue weighted by Gasteiger charge is 2.25. The van der Waals surface area contributed by atoms with Crippen molar-refractivity contribution in [1.29, 1.82) is 0 Å². The van der Waals surface area contributed by atoms with Crippen molar-refractivity contribution >= 4 is 0 Å². The van der Waals surface area contributed by atoms with Gasteiger partial charge in [-0.25, -0.2) is 0 Å². The van der Waals surface area contributed by atoms with Crippen LogP contribution in [0.25, 0.3) is 0 Å². The highest BCUT2D eigenvalue weighted by molar-refractivity contribution is 5.40. The Hall–Kier alpha value is -1.84. The lowest BCUT2D eigenvalue weighted by Gasteiger charge is -2.29. The molecule has 2 aromatic rings. The van der Waals surface area contributed by atoms with E-state index in [9.17, 15) is 5.11 Å². The highest BCUT2D eigenvalue weighted by atomic mass is 16.5. The minimum absolute atomic E-state index is 0.0606. The third-order valence-corrected chi connectivity index (χ3v) is 4.16. The van der Waals surface area contributed by atoms with Gasteiger partial charge in [0.1, 0.15) is 5.75 Å². The van der Waals surface area contributed by atoms with Crippen molar-refractivity contribution in [2.75, 3.05) is 13.2 Å². The first kappa shape index (κ1) is 14.1. The third-order valence-electron chi connectivity index (χ3n) is 4.16. The Morgan fingerprint density at radius 3 is 2.76 bits per heavy atom. The van der Waals surface area contributed by atoms with E-state index in [2.05, 4.69) is 17.4 Å². The molecular formula is C18H21NO2. The largest absolute Gasteiger partial charge is 0.493 e. The van der Waals surface area contributed by atoms with Crippen LogP contribution in [0.3, 0.4) is 0 Å². The zero-order chi connectivity index (χ0) is 14.7. The zero-order valence-electron chi connectivity index (χ0n) is 12.3. The second kappa shape index (κ2) is 5.88. The van der Waals surface area contributed by atoms with Crippen LogP contribution in [-0.2, 0) is 18.5 Å². The molecule has 0 saturated carbocycles. The summed E-state index contributed by atoms with van der Waals surface area (Å²) in [6, 6.07) is 16.4. The molecule has 2 N–H and O–H groups in total. The van der Waals surface area contributed by atoms with Gasteiger partial charge in [-0.05, 0) is 29.7 Å². The minimum Gasteiger partial charge on any atom is -0.493 e. The Morgan fingerprint density at radius 1 is 1.19 bits per heavy atom. The molecule has 3 rings (SSSR count). The fourth-order valence-electron chi connectivity index (χ4n) is 2.70. The number of benzene rings is 2. The van der Waals surface area contributed by atoms with Crippen molar-refractivity contribution in [3.05, 3.63) is 65.2 Å². The molecule has 21 heavy (non-hydrogen) atoms. The number of ether oxygens (including phenoxy) is 1. The SMILES string of the molecule is CC(CO)(NCc1ccc2c(c1)CCO2)c1ccccc1. The first-order valence-corrected chi connectivity index (χ1v) is 7.37. The third kappa shape index (κ3) is 2.94. The van der Waals surface area contributed by atoms with E-state index in [0.29, 0.717) is 0 Å². The number of hydrogen-bond acceptors (Lipinski definition) is 3. The van der Waals surface area contributed by atoms with Crippen LogP contribution in [0, 0.1) is 0 Å². The first-order chi connectivity index (χ1) is 10.2. The van der Waals surface area contributed by atoms with Gasteiger partial charge in [0.25, 0.3) is 0 Å². The molecule has 1 aliphatic rings. The van der Waals surface area contributed by atoms with Gasteiger partial charge in [0.15, 0.2) is 0 Å². The predicted molar refractivity (Wildman–Crippen MR) is 83.4 cm³/mol. The summed E-state index contributed by atoms with van der Waals surface area (Å²) in [6.07, 6.45) is 0.985. The van der Waals surface area contributed by atoms with Gasteiger partial charge in [-0.15, -0.1) is 0 Å². The molecule has 1 atom stereocenters. The van der Waals surface area contributed by atoms with Gasteiger partial charge >= 0.3 is 0 Å². The lowest BCUT2D eigenvalue weighted by molar-refractivity contribution is 0.173. The molecule has 0 bridgehead atoms. The second-order valence-corrected chi connectivity index (χ2v) is 5.75. The molecule has 3 heteroatoms. The second-order valence-electron chi connectivity index (χ2n) is 5.75. The van der Waals surface area contributed by atoms with E-state index < -0.39 is 5.54 Å². The van der Waals surface area contributed by atoms with Crippen molar-refractivity contribution in [1.82, 2.24) is 5.32 Å². The van der Waals surface area contributed by atoms with E-state index in [1.807, 2.05) is 43.3 Å². The van der Waals surface area contributed by atoms with Crippen molar-refractivity contribution in [2.24, 2.45) is 0 Å². The summed E-state index contributed by atoms with van der Waals surface area (Å²) in [5, 5.41) is 13.3. The molecule has 0 radical (unpaired) electrons. The van der Waals surface area contributed by atoms with Gasteiger partial charge < -0.3 is 15.2 Å². The van der Waals surface area contributed by atoms with Gasteiger partial charge in [0.2, 0.25) is 0 Å². The Kier molecular flexibility index (Phi) is 3.95. The normalized spacial score (nSPS) is 16.1. The number of fused-ring (bicyclic) bond motifs is 1. The van der Waals surface area contributed by atoms with Gasteiger partial charge in [-0.2, -0.15) is 0 Å². The summed E-state index contributed by atoms with van der Waals surface area (Å²) < 4.78 is 5.53. The summed E-state index contributed by atoms with van der Waals surface area (Å²) in [4.78, 5) is 0. The summed E-state index contributed by atoms with van der Waals surface area (Å²) in [7, 11) is 0. The molecule has 0 amide bonds. The highest BCUT2D eigenvalue weighted by Crippen LogP contribution is 2.26. The van der Waals surface area contributed by atoms with E-state index >= 15 is 0 Å². The fraction of sp³-hybridized carbons (Fsp3) is 0.333. The molecule has 1 aliphatic heterocycles. The first-order valence-electron chi connectivity index (χ1n) is 7.37. The van der Waals surface area contributed by atoms with E-state index in [-0.39, 0.29) is 6.61 Å². The standard InChI is InChI=1S/C18H21NO2/c1-18(13-20,16-5-3-2-4-6-16)19-12-14-7-8-17-15(11-14)9-10-21-17/h2-8,11,19-20H,9-10,12-13H2,1H3. The maximum Gasteiger partial charge on any atom is 0.122 e. The van der Waals surface area contributed by atoms with Crippen molar-refractivity contribution in [3.63, 3.8) is 0 Å². The maximum absolute atomic E-state index is 9.79. The van der Waals surface area contributed by atoms with Gasteiger partial charge in [0.05, 0.1) is 18.8 Å². The van der Waals surface area contributed by atoms with Crippen LogP contribution >= 0.6 is 0 Å². The Labute approximate surface area is 125 Å². The molecular weight excluding hydrogens is 262 g/mol. The zero-order valence-corrected chi connectivity index (χ0v) is 12.3. The van der Waals surface area contributed by atoms with Gasteiger partial charge in [-0.1, -0.05) is 42.5 Å². The van der Waals surface area contributed by atoms with E-state index in [4.69, 9.17) is 4.74 Å². The quantitative estimate of drug-likeness (QED) is 0.886. The van der Waals surface area contributed by atoms with Crippen molar-refractivity contribution in [3.8, 4) is 5.75 Å². The molecule has 2 aromatic carbocycles. The molecule has 0 spiro atoms. The van der Waals surface area contributed by atoms with Crippen LogP contribution < -0.4 is 10.1 Å². The van der Waals surface area contributed by atoms with Crippen LogP contribution in [0.5, 0.6) is 5.75 Å². The molecule has 0 saturated heterocycles. The van der Waals surface area contributed by atoms with Gasteiger partial charge in [-0.3, -0.25) is 0 Å². The van der Waals surface area contributed by atoms with E-state index in [1.165, 1.54) is 11.1 Å². The molecule has 0 fully saturated rings. The summed E-state index contributed by atoms with van der Waals surface area (Å²) in [6.45, 7) is 3.59. The molecule has 1 heterocycles. The monoisotopic (exact) mass is 283 g/mol. The predicted octanol–water partition coefficient (Wildman–Crippen LogP) is 2.62. The van der Waals surface area contributed by atoms with Gasteiger partial charge in [0, 0.05) is 13.0 Å². The number of aliphatic hydroxyl groups excluding tert-OH is 1. The Balaban J connectivity index is 1.73. The Morgan fingerprint density at radius 2 is 2.00 bits per heavy atom. The number of nitrogens with one attached hydrogen (secondary N) is 1. The van der Waals surface area contributed by atoms with Crippen LogP contribution in [0.1, 0.15) is 23.6 Å². The fourth-order valence-corrected chi connectivity index (χ4v) is 2.70. The molecule has 3 nitrogen and oxygen atoms in total. The summed E-state index contributed by atoms with van der Waals surface area (Å²) in [5.41, 5.74) is 3.16. The molecule has 110 valence electrons. The van der Waals surface area contributed by atoms with E-state index in [1.54, 1.807) is 0 Å². The summed E-state index contributed by atoms with van der Waals surface area (Å²) >= 11 is 0. The van der Waals surface area contributed by atoms with Crippen molar-refractivity contribution < 1.29 is 9.84 Å². The molecule has 0 aromatic heterocycles. The minimum atomic E-state index is -0.434. The van der Waals surface area contributed by atoms with Crippen molar-refractivity contribution in [2.45, 2.75) is 25.4 Å². The number of hydrogen-bond donors (Lipinski definition) is 2. The molecule has 1 unspecified atom stereocenters. The van der Waals surface area contributed by atoms with Crippen LogP contribution in [0.2, 0.25) is 0 Å². The average Bonchev–Trinajstić information content (AvgIpc) is 3.01. The average molecular weight is 283 g/mol. The van der Waals surface area contributed by atoms with E-state index in [0.717, 1.165) is 30.9 Å². The number of rotatable bonds is 5. The number of aliphatic hydroxyl groups is 1. The van der Waals surface area contributed by atoms with Crippen LogP contribution in [-0.4, -0.2) is 18.3 Å². The maximum atomic E-state index is 9.79. The lowest BCUT2D eigenvalue weighted by atomic mass is 9.92.